The second-order valence-electron chi connectivity index (χ2n) is 6.68. The van der Waals surface area contributed by atoms with Gasteiger partial charge in [-0.05, 0) is 38.1 Å². The molecule has 0 saturated carbocycles. The summed E-state index contributed by atoms with van der Waals surface area (Å²) >= 11 is 0. The summed E-state index contributed by atoms with van der Waals surface area (Å²) in [5.41, 5.74) is 2.53. The van der Waals surface area contributed by atoms with Crippen LogP contribution >= 0.6 is 0 Å². The number of aryl methyl sites for hydroxylation is 1. The fraction of sp³-hybridized carbons (Fsp3) is 0.190. The number of amides is 1. The van der Waals surface area contributed by atoms with Crippen molar-refractivity contribution >= 4 is 23.3 Å². The molecule has 2 heterocycles. The van der Waals surface area contributed by atoms with E-state index in [9.17, 15) is 14.4 Å². The monoisotopic (exact) mass is 391 g/mol. The fourth-order valence-electron chi connectivity index (χ4n) is 3.03. The second kappa shape index (κ2) is 7.31. The molecule has 2 aromatic carbocycles. The quantitative estimate of drug-likeness (QED) is 0.487. The minimum absolute atomic E-state index is 0.137. The van der Waals surface area contributed by atoms with Crippen molar-refractivity contribution in [2.75, 3.05) is 11.4 Å². The van der Waals surface area contributed by atoms with Crippen molar-refractivity contribution in [3.63, 3.8) is 0 Å². The Morgan fingerprint density at radius 1 is 1.10 bits per heavy atom. The van der Waals surface area contributed by atoms with Crippen molar-refractivity contribution in [1.29, 1.82) is 0 Å². The Morgan fingerprint density at radius 3 is 2.59 bits per heavy atom. The summed E-state index contributed by atoms with van der Waals surface area (Å²) in [5.74, 6) is -1.63. The maximum atomic E-state index is 12.3. The average Bonchev–Trinajstić information content (AvgIpc) is 3.29. The molecule has 0 unspecified atom stereocenters. The van der Waals surface area contributed by atoms with E-state index in [1.807, 2.05) is 31.2 Å². The highest BCUT2D eigenvalue weighted by Crippen LogP contribution is 2.29. The van der Waals surface area contributed by atoms with Crippen LogP contribution in [0.5, 0.6) is 0 Å². The molecule has 8 heteroatoms. The Kier molecular flexibility index (Phi) is 4.67. The summed E-state index contributed by atoms with van der Waals surface area (Å²) in [4.78, 5) is 37.6. The Labute approximate surface area is 166 Å². The van der Waals surface area contributed by atoms with Crippen molar-refractivity contribution < 1.29 is 23.5 Å². The zero-order valence-electron chi connectivity index (χ0n) is 15.8. The lowest BCUT2D eigenvalue weighted by molar-refractivity contribution is -0.148. The highest BCUT2D eigenvalue weighted by molar-refractivity contribution is 6.52. The topological polar surface area (TPSA) is 103 Å². The van der Waals surface area contributed by atoms with Crippen LogP contribution in [-0.2, 0) is 14.3 Å². The van der Waals surface area contributed by atoms with Crippen molar-refractivity contribution in [1.82, 2.24) is 10.2 Å². The third-order valence-corrected chi connectivity index (χ3v) is 4.56. The van der Waals surface area contributed by atoms with Gasteiger partial charge >= 0.3 is 5.97 Å². The van der Waals surface area contributed by atoms with Gasteiger partial charge in [0.2, 0.25) is 5.89 Å². The van der Waals surface area contributed by atoms with Crippen LogP contribution in [0.25, 0.3) is 11.5 Å². The first-order valence-electron chi connectivity index (χ1n) is 8.99. The van der Waals surface area contributed by atoms with Crippen molar-refractivity contribution in [2.24, 2.45) is 0 Å². The van der Waals surface area contributed by atoms with E-state index in [1.165, 1.54) is 0 Å². The van der Waals surface area contributed by atoms with Crippen LogP contribution in [0.2, 0.25) is 0 Å². The molecule has 0 aliphatic carbocycles. The molecule has 0 fully saturated rings. The normalized spacial score (nSPS) is 14.1. The molecule has 0 N–H and O–H groups in total. The summed E-state index contributed by atoms with van der Waals surface area (Å²) in [6.45, 7) is 3.18. The lowest BCUT2D eigenvalue weighted by atomic mass is 10.1. The molecule has 1 aromatic heterocycles. The third-order valence-electron chi connectivity index (χ3n) is 4.56. The minimum Gasteiger partial charge on any atom is -0.451 e. The van der Waals surface area contributed by atoms with Crippen molar-refractivity contribution in [2.45, 2.75) is 20.0 Å². The average molecular weight is 391 g/mol. The van der Waals surface area contributed by atoms with Crippen LogP contribution < -0.4 is 4.90 Å². The molecule has 3 aromatic rings. The van der Waals surface area contributed by atoms with E-state index < -0.39 is 23.8 Å². The van der Waals surface area contributed by atoms with Crippen LogP contribution in [0.3, 0.4) is 0 Å². The van der Waals surface area contributed by atoms with Gasteiger partial charge < -0.3 is 9.15 Å². The van der Waals surface area contributed by atoms with Crippen LogP contribution in [0.4, 0.5) is 5.69 Å². The first-order valence-corrected chi connectivity index (χ1v) is 8.99. The molecule has 29 heavy (non-hydrogen) atoms. The van der Waals surface area contributed by atoms with Gasteiger partial charge in [0.15, 0.2) is 6.10 Å². The summed E-state index contributed by atoms with van der Waals surface area (Å²) in [6, 6.07) is 14.1. The lowest BCUT2D eigenvalue weighted by Gasteiger charge is -2.16. The molecule has 1 amide bonds. The number of rotatable bonds is 5. The predicted molar refractivity (Wildman–Crippen MR) is 102 cm³/mol. The SMILES string of the molecule is Cc1ccc(-c2nnc([C@@H](C)OC(=O)CN3C(=O)C(=O)c4ccccc43)o2)cc1. The van der Waals surface area contributed by atoms with Crippen LogP contribution in [0.1, 0.15) is 34.8 Å². The number of para-hydroxylation sites is 1. The van der Waals surface area contributed by atoms with Gasteiger partial charge in [0.25, 0.3) is 17.6 Å². The number of Topliss-reactive ketones (excluding diaryl/α,β-unsaturated/α-hetero) is 1. The van der Waals surface area contributed by atoms with Gasteiger partial charge in [-0.2, -0.15) is 0 Å². The van der Waals surface area contributed by atoms with E-state index in [0.717, 1.165) is 16.0 Å². The first kappa shape index (κ1) is 18.5. The van der Waals surface area contributed by atoms with E-state index in [2.05, 4.69) is 10.2 Å². The van der Waals surface area contributed by atoms with E-state index in [-0.39, 0.29) is 18.0 Å². The number of nitrogens with zero attached hydrogens (tertiary/aromatic N) is 3. The molecule has 4 rings (SSSR count). The first-order chi connectivity index (χ1) is 13.9. The number of hydrogen-bond donors (Lipinski definition) is 0. The third kappa shape index (κ3) is 3.52. The largest absolute Gasteiger partial charge is 0.451 e. The molecule has 146 valence electrons. The van der Waals surface area contributed by atoms with E-state index in [4.69, 9.17) is 9.15 Å². The molecule has 0 saturated heterocycles. The summed E-state index contributed by atoms with van der Waals surface area (Å²) < 4.78 is 10.9. The predicted octanol–water partition coefficient (Wildman–Crippen LogP) is 2.88. The number of fused-ring (bicyclic) bond motifs is 1. The molecule has 0 radical (unpaired) electrons. The molecule has 8 nitrogen and oxygen atoms in total. The van der Waals surface area contributed by atoms with E-state index in [0.29, 0.717) is 11.6 Å². The zero-order chi connectivity index (χ0) is 20.5. The van der Waals surface area contributed by atoms with Gasteiger partial charge in [0.1, 0.15) is 6.54 Å². The maximum absolute atomic E-state index is 12.3. The van der Waals surface area contributed by atoms with Gasteiger partial charge in [-0.25, -0.2) is 0 Å². The molecule has 0 bridgehead atoms. The van der Waals surface area contributed by atoms with Crippen molar-refractivity contribution in [3.8, 4) is 11.5 Å². The number of carbonyl (C=O) groups is 3. The smallest absolute Gasteiger partial charge is 0.326 e. The van der Waals surface area contributed by atoms with Gasteiger partial charge in [-0.3, -0.25) is 19.3 Å². The standard InChI is InChI=1S/C21H17N3O5/c1-12-7-9-14(10-8-12)20-23-22-19(29-20)13(2)28-17(25)11-24-16-6-4-3-5-15(16)18(26)21(24)27/h3-10,13H,11H2,1-2H3/t13-/m1/s1. The highest BCUT2D eigenvalue weighted by atomic mass is 16.6. The van der Waals surface area contributed by atoms with Gasteiger partial charge in [0, 0.05) is 5.56 Å². The number of anilines is 1. The van der Waals surface area contributed by atoms with Crippen LogP contribution in [0, 0.1) is 6.92 Å². The molecular formula is C21H17N3O5. The molecule has 1 aliphatic rings. The number of ether oxygens (including phenoxy) is 1. The fourth-order valence-corrected chi connectivity index (χ4v) is 3.03. The van der Waals surface area contributed by atoms with Gasteiger partial charge in [-0.15, -0.1) is 10.2 Å². The van der Waals surface area contributed by atoms with Crippen LogP contribution in [-0.4, -0.2) is 34.4 Å². The zero-order valence-corrected chi connectivity index (χ0v) is 15.8. The number of carbonyl (C=O) groups excluding carboxylic acids is 3. The molecule has 0 spiro atoms. The Bertz CT molecular complexity index is 1100. The summed E-state index contributed by atoms with van der Waals surface area (Å²) in [6.07, 6.45) is -0.808. The molecular weight excluding hydrogens is 374 g/mol. The summed E-state index contributed by atoms with van der Waals surface area (Å²) in [7, 11) is 0. The highest BCUT2D eigenvalue weighted by Gasteiger charge is 2.37. The Morgan fingerprint density at radius 2 is 1.83 bits per heavy atom. The summed E-state index contributed by atoms with van der Waals surface area (Å²) in [5, 5.41) is 7.92. The lowest BCUT2D eigenvalue weighted by Crippen LogP contribution is -2.35. The van der Waals surface area contributed by atoms with Gasteiger partial charge in [0.05, 0.1) is 11.3 Å². The number of ketones is 1. The second-order valence-corrected chi connectivity index (χ2v) is 6.68. The number of esters is 1. The van der Waals surface area contributed by atoms with E-state index in [1.54, 1.807) is 31.2 Å². The Balaban J connectivity index is 1.43. The number of aromatic nitrogens is 2. The van der Waals surface area contributed by atoms with Gasteiger partial charge in [-0.1, -0.05) is 29.8 Å². The minimum atomic E-state index is -0.808. The molecule has 1 aliphatic heterocycles. The maximum Gasteiger partial charge on any atom is 0.326 e. The molecule has 1 atom stereocenters. The van der Waals surface area contributed by atoms with Crippen molar-refractivity contribution in [3.05, 3.63) is 65.5 Å². The number of hydrogen-bond acceptors (Lipinski definition) is 7. The number of benzene rings is 2. The van der Waals surface area contributed by atoms with Crippen LogP contribution in [0.15, 0.2) is 52.9 Å². The van der Waals surface area contributed by atoms with E-state index >= 15 is 0 Å². The Hall–Kier alpha value is -3.81.